The molecular weight excluding hydrogens is 212 g/mol. The monoisotopic (exact) mass is 228 g/mol. The van der Waals surface area contributed by atoms with E-state index in [1.54, 1.807) is 13.3 Å². The number of benzene rings is 1. The molecule has 1 aromatic heterocycles. The Kier molecular flexibility index (Phi) is 3.60. The second kappa shape index (κ2) is 5.34. The van der Waals surface area contributed by atoms with Gasteiger partial charge in [-0.1, -0.05) is 18.2 Å². The van der Waals surface area contributed by atoms with Crippen molar-refractivity contribution in [2.75, 3.05) is 12.4 Å². The molecule has 0 saturated carbocycles. The zero-order valence-corrected chi connectivity index (χ0v) is 10.1. The highest BCUT2D eigenvalue weighted by molar-refractivity contribution is 5.39. The van der Waals surface area contributed by atoms with E-state index < -0.39 is 0 Å². The first-order chi connectivity index (χ1) is 8.29. The van der Waals surface area contributed by atoms with E-state index >= 15 is 0 Å². The summed E-state index contributed by atoms with van der Waals surface area (Å²) in [6.07, 6.45) is 1.78. The van der Waals surface area contributed by atoms with E-state index in [1.165, 1.54) is 5.56 Å². The molecule has 0 bridgehead atoms. The number of aromatic nitrogens is 1. The zero-order valence-electron chi connectivity index (χ0n) is 10.1. The summed E-state index contributed by atoms with van der Waals surface area (Å²) in [4.78, 5) is 4.24. The lowest BCUT2D eigenvalue weighted by atomic mass is 10.1. The van der Waals surface area contributed by atoms with Gasteiger partial charge in [0.05, 0.1) is 13.2 Å². The van der Waals surface area contributed by atoms with E-state index in [0.29, 0.717) is 0 Å². The Morgan fingerprint density at radius 3 is 2.76 bits per heavy atom. The summed E-state index contributed by atoms with van der Waals surface area (Å²) < 4.78 is 5.21. The minimum atomic E-state index is 0.194. The number of rotatable bonds is 4. The Morgan fingerprint density at radius 2 is 2.06 bits per heavy atom. The van der Waals surface area contributed by atoms with Crippen LogP contribution in [0.3, 0.4) is 0 Å². The van der Waals surface area contributed by atoms with Crippen LogP contribution in [0.2, 0.25) is 0 Å². The number of methoxy groups -OCH3 is 1. The second-order valence-electron chi connectivity index (χ2n) is 3.86. The summed E-state index contributed by atoms with van der Waals surface area (Å²) >= 11 is 0. The van der Waals surface area contributed by atoms with Crippen LogP contribution in [0.4, 0.5) is 5.82 Å². The van der Waals surface area contributed by atoms with Crippen LogP contribution in [0.25, 0.3) is 0 Å². The quantitative estimate of drug-likeness (QED) is 0.872. The van der Waals surface area contributed by atoms with Gasteiger partial charge in [-0.15, -0.1) is 0 Å². The first-order valence-corrected chi connectivity index (χ1v) is 5.61. The molecule has 0 radical (unpaired) electrons. The van der Waals surface area contributed by atoms with Crippen molar-refractivity contribution in [3.8, 4) is 5.75 Å². The van der Waals surface area contributed by atoms with Crippen molar-refractivity contribution in [3.63, 3.8) is 0 Å². The third-order valence-corrected chi connectivity index (χ3v) is 2.62. The van der Waals surface area contributed by atoms with Gasteiger partial charge in [0.2, 0.25) is 0 Å². The molecule has 3 heteroatoms. The zero-order chi connectivity index (χ0) is 12.1. The van der Waals surface area contributed by atoms with E-state index in [0.717, 1.165) is 11.6 Å². The Bertz CT molecular complexity index is 471. The van der Waals surface area contributed by atoms with Crippen LogP contribution >= 0.6 is 0 Å². The predicted molar refractivity (Wildman–Crippen MR) is 69.3 cm³/mol. The summed E-state index contributed by atoms with van der Waals surface area (Å²) in [6, 6.07) is 14.1. The topological polar surface area (TPSA) is 34.1 Å². The number of ether oxygens (including phenoxy) is 1. The van der Waals surface area contributed by atoms with E-state index in [1.807, 2.05) is 36.4 Å². The van der Waals surface area contributed by atoms with E-state index in [4.69, 9.17) is 4.74 Å². The maximum Gasteiger partial charge on any atom is 0.126 e. The fourth-order valence-corrected chi connectivity index (χ4v) is 1.66. The summed E-state index contributed by atoms with van der Waals surface area (Å²) in [5.41, 5.74) is 1.18. The van der Waals surface area contributed by atoms with Crippen molar-refractivity contribution in [2.45, 2.75) is 13.0 Å². The largest absolute Gasteiger partial charge is 0.497 e. The molecular formula is C14H16N2O. The van der Waals surface area contributed by atoms with Gasteiger partial charge in [-0.25, -0.2) is 4.98 Å². The van der Waals surface area contributed by atoms with Gasteiger partial charge >= 0.3 is 0 Å². The fraction of sp³-hybridized carbons (Fsp3) is 0.214. The van der Waals surface area contributed by atoms with Crippen LogP contribution in [-0.2, 0) is 0 Å². The Labute approximate surface area is 101 Å². The van der Waals surface area contributed by atoms with Crippen LogP contribution in [0, 0.1) is 0 Å². The van der Waals surface area contributed by atoms with E-state index in [9.17, 15) is 0 Å². The average Bonchev–Trinajstić information content (AvgIpc) is 2.40. The lowest BCUT2D eigenvalue weighted by Crippen LogP contribution is -2.07. The standard InChI is InChI=1S/C14H16N2O/c1-11(16-14-8-3-4-9-15-14)12-6-5-7-13(10-12)17-2/h3-11H,1-2H3,(H,15,16). The van der Waals surface area contributed by atoms with Crippen LogP contribution in [-0.4, -0.2) is 12.1 Å². The minimum Gasteiger partial charge on any atom is -0.497 e. The molecule has 2 rings (SSSR count). The Hall–Kier alpha value is -2.03. The third kappa shape index (κ3) is 2.97. The molecule has 0 saturated heterocycles. The molecule has 3 nitrogen and oxygen atoms in total. The van der Waals surface area contributed by atoms with Crippen molar-refractivity contribution >= 4 is 5.82 Å². The Morgan fingerprint density at radius 1 is 1.18 bits per heavy atom. The number of hydrogen-bond donors (Lipinski definition) is 1. The van der Waals surface area contributed by atoms with Crippen molar-refractivity contribution in [1.29, 1.82) is 0 Å². The number of pyridine rings is 1. The van der Waals surface area contributed by atoms with Gasteiger partial charge in [0.25, 0.3) is 0 Å². The average molecular weight is 228 g/mol. The molecule has 2 aromatic rings. The number of hydrogen-bond acceptors (Lipinski definition) is 3. The fourth-order valence-electron chi connectivity index (χ4n) is 1.66. The van der Waals surface area contributed by atoms with Gasteiger partial charge in [0.15, 0.2) is 0 Å². The lowest BCUT2D eigenvalue weighted by molar-refractivity contribution is 0.414. The summed E-state index contributed by atoms with van der Waals surface area (Å²) in [5.74, 6) is 1.75. The highest BCUT2D eigenvalue weighted by Crippen LogP contribution is 2.21. The number of nitrogens with zero attached hydrogens (tertiary/aromatic N) is 1. The molecule has 17 heavy (non-hydrogen) atoms. The van der Waals surface area contributed by atoms with Crippen LogP contribution in [0.5, 0.6) is 5.75 Å². The van der Waals surface area contributed by atoms with Crippen molar-refractivity contribution in [2.24, 2.45) is 0 Å². The summed E-state index contributed by atoms with van der Waals surface area (Å²) in [7, 11) is 1.68. The molecule has 1 unspecified atom stereocenters. The van der Waals surface area contributed by atoms with Gasteiger partial charge in [-0.2, -0.15) is 0 Å². The maximum absolute atomic E-state index is 5.21. The highest BCUT2D eigenvalue weighted by atomic mass is 16.5. The van der Waals surface area contributed by atoms with E-state index in [2.05, 4.69) is 23.3 Å². The number of anilines is 1. The van der Waals surface area contributed by atoms with Crippen molar-refractivity contribution in [1.82, 2.24) is 4.98 Å². The van der Waals surface area contributed by atoms with E-state index in [-0.39, 0.29) is 6.04 Å². The molecule has 0 aliphatic heterocycles. The van der Waals surface area contributed by atoms with Crippen LogP contribution < -0.4 is 10.1 Å². The highest BCUT2D eigenvalue weighted by Gasteiger charge is 2.06. The molecule has 0 fully saturated rings. The van der Waals surface area contributed by atoms with Crippen LogP contribution in [0.1, 0.15) is 18.5 Å². The lowest BCUT2D eigenvalue weighted by Gasteiger charge is -2.15. The van der Waals surface area contributed by atoms with Gasteiger partial charge in [0, 0.05) is 6.20 Å². The predicted octanol–water partition coefficient (Wildman–Crippen LogP) is 3.26. The molecule has 0 aliphatic carbocycles. The van der Waals surface area contributed by atoms with Crippen molar-refractivity contribution in [3.05, 3.63) is 54.2 Å². The van der Waals surface area contributed by atoms with Crippen LogP contribution in [0.15, 0.2) is 48.7 Å². The molecule has 1 aromatic carbocycles. The molecule has 0 aliphatic rings. The Balaban J connectivity index is 2.11. The minimum absolute atomic E-state index is 0.194. The molecule has 1 heterocycles. The van der Waals surface area contributed by atoms with Gasteiger partial charge < -0.3 is 10.1 Å². The number of nitrogens with one attached hydrogen (secondary N) is 1. The molecule has 1 atom stereocenters. The molecule has 88 valence electrons. The van der Waals surface area contributed by atoms with Gasteiger partial charge in [-0.3, -0.25) is 0 Å². The van der Waals surface area contributed by atoms with Gasteiger partial charge in [0.1, 0.15) is 11.6 Å². The normalized spacial score (nSPS) is 11.9. The smallest absolute Gasteiger partial charge is 0.126 e. The first-order valence-electron chi connectivity index (χ1n) is 5.61. The maximum atomic E-state index is 5.21. The van der Waals surface area contributed by atoms with Crippen molar-refractivity contribution < 1.29 is 4.74 Å². The summed E-state index contributed by atoms with van der Waals surface area (Å²) in [5, 5.41) is 3.34. The first kappa shape index (κ1) is 11.5. The third-order valence-electron chi connectivity index (χ3n) is 2.62. The SMILES string of the molecule is COc1cccc(C(C)Nc2ccccn2)c1. The molecule has 0 spiro atoms. The molecule has 0 amide bonds. The summed E-state index contributed by atoms with van der Waals surface area (Å²) in [6.45, 7) is 2.10. The second-order valence-corrected chi connectivity index (χ2v) is 3.86. The molecule has 1 N–H and O–H groups in total. The van der Waals surface area contributed by atoms with Gasteiger partial charge in [-0.05, 0) is 36.8 Å².